The first-order valence-corrected chi connectivity index (χ1v) is 11.2. The second-order valence-electron chi connectivity index (χ2n) is 8.04. The lowest BCUT2D eigenvalue weighted by Gasteiger charge is -2.28. The number of carbonyl (C=O) groups is 1. The van der Waals surface area contributed by atoms with Gasteiger partial charge < -0.3 is 32.4 Å². The normalized spacial score (nSPS) is 12.9. The lowest BCUT2D eigenvalue weighted by Crippen LogP contribution is -2.29. The van der Waals surface area contributed by atoms with Crippen LogP contribution in [-0.2, 0) is 11.3 Å². The van der Waals surface area contributed by atoms with E-state index < -0.39 is 0 Å². The molecule has 0 aliphatic carbocycles. The van der Waals surface area contributed by atoms with Crippen LogP contribution in [0.15, 0.2) is 71.7 Å². The van der Waals surface area contributed by atoms with Gasteiger partial charge in [0.2, 0.25) is 0 Å². The van der Waals surface area contributed by atoms with E-state index >= 15 is 0 Å². The summed E-state index contributed by atoms with van der Waals surface area (Å²) in [5.41, 5.74) is 25.0. The van der Waals surface area contributed by atoms with Crippen molar-refractivity contribution in [2.75, 3.05) is 18.0 Å². The molecule has 0 bridgehead atoms. The van der Waals surface area contributed by atoms with Crippen LogP contribution in [0.1, 0.15) is 19.3 Å². The maximum atomic E-state index is 12.4. The standard InChI is InChI=1S/C24H27N5O.CH5N3/c25-24(26)27-23(30)17-29-21(18-7-3-1-4-8-18)13-14-22(29)19-9-11-20(12-10-19)28-15-5-2-6-16-28;2-1(3)4/h1,3-4,7-14H,2,5-6,15-17H2,(H4,25,26,27,30);(H5,2,3,4). The highest BCUT2D eigenvalue weighted by Crippen LogP contribution is 2.31. The van der Waals surface area contributed by atoms with Crippen molar-refractivity contribution in [3.63, 3.8) is 0 Å². The Balaban J connectivity index is 0.000000751. The molecule has 0 radical (unpaired) electrons. The van der Waals surface area contributed by atoms with Gasteiger partial charge in [-0.05, 0) is 54.7 Å². The molecule has 1 saturated heterocycles. The van der Waals surface area contributed by atoms with Crippen LogP contribution in [0, 0.1) is 5.41 Å². The lowest BCUT2D eigenvalue weighted by atomic mass is 10.1. The van der Waals surface area contributed by atoms with Crippen molar-refractivity contribution < 1.29 is 4.79 Å². The molecule has 0 saturated carbocycles. The number of carbonyl (C=O) groups excluding carboxylic acids is 1. The molecule has 34 heavy (non-hydrogen) atoms. The van der Waals surface area contributed by atoms with Gasteiger partial charge in [0.15, 0.2) is 11.9 Å². The molecular weight excluding hydrogens is 428 g/mol. The monoisotopic (exact) mass is 460 g/mol. The molecule has 178 valence electrons. The van der Waals surface area contributed by atoms with Crippen LogP contribution in [0.5, 0.6) is 0 Å². The van der Waals surface area contributed by atoms with Gasteiger partial charge in [0.25, 0.3) is 5.91 Å². The smallest absolute Gasteiger partial charge is 0.268 e. The van der Waals surface area contributed by atoms with Crippen LogP contribution in [0.4, 0.5) is 5.69 Å². The van der Waals surface area contributed by atoms with Gasteiger partial charge in [-0.2, -0.15) is 4.99 Å². The number of rotatable bonds is 5. The van der Waals surface area contributed by atoms with Gasteiger partial charge in [0, 0.05) is 30.2 Å². The summed E-state index contributed by atoms with van der Waals surface area (Å²) < 4.78 is 1.97. The minimum absolute atomic E-state index is 0.0678. The fourth-order valence-corrected chi connectivity index (χ4v) is 4.06. The average molecular weight is 461 g/mol. The quantitative estimate of drug-likeness (QED) is 0.290. The van der Waals surface area contributed by atoms with E-state index in [0.717, 1.165) is 35.6 Å². The number of nitrogens with zero attached hydrogens (tertiary/aromatic N) is 3. The third-order valence-corrected chi connectivity index (χ3v) is 5.48. The topological polar surface area (TPSA) is 166 Å². The molecule has 1 aromatic heterocycles. The summed E-state index contributed by atoms with van der Waals surface area (Å²) in [6.45, 7) is 2.29. The van der Waals surface area contributed by atoms with Crippen LogP contribution >= 0.6 is 0 Å². The minimum atomic E-state index is -0.380. The summed E-state index contributed by atoms with van der Waals surface area (Å²) in [5, 5.41) is 6.06. The molecule has 2 aromatic carbocycles. The molecule has 0 unspecified atom stereocenters. The van der Waals surface area contributed by atoms with E-state index in [-0.39, 0.29) is 24.4 Å². The van der Waals surface area contributed by atoms with Crippen molar-refractivity contribution in [2.24, 2.45) is 27.9 Å². The highest BCUT2D eigenvalue weighted by molar-refractivity contribution is 5.92. The van der Waals surface area contributed by atoms with Gasteiger partial charge >= 0.3 is 0 Å². The second kappa shape index (κ2) is 11.6. The van der Waals surface area contributed by atoms with E-state index in [0.29, 0.717) is 0 Å². The maximum Gasteiger partial charge on any atom is 0.268 e. The molecule has 1 aliphatic rings. The number of piperidine rings is 1. The SMILES string of the molecule is N=C(N)N.NC(N)=NC(=O)Cn1c(-c2ccccc2)ccc1-c1ccc(N2CCCCC2)cc1. The third kappa shape index (κ3) is 6.61. The third-order valence-electron chi connectivity index (χ3n) is 5.48. The van der Waals surface area contributed by atoms with Crippen molar-refractivity contribution in [1.82, 2.24) is 4.57 Å². The Labute approximate surface area is 199 Å². The van der Waals surface area contributed by atoms with Gasteiger partial charge in [0.1, 0.15) is 6.54 Å². The van der Waals surface area contributed by atoms with Gasteiger partial charge in [-0.1, -0.05) is 42.5 Å². The van der Waals surface area contributed by atoms with Gasteiger partial charge in [-0.3, -0.25) is 10.2 Å². The van der Waals surface area contributed by atoms with Crippen LogP contribution in [-0.4, -0.2) is 35.5 Å². The molecule has 1 amide bonds. The molecule has 3 aromatic rings. The summed E-state index contributed by atoms with van der Waals surface area (Å²) in [4.78, 5) is 18.5. The van der Waals surface area contributed by atoms with Gasteiger partial charge in [-0.25, -0.2) is 0 Å². The van der Waals surface area contributed by atoms with E-state index in [9.17, 15) is 4.79 Å². The summed E-state index contributed by atoms with van der Waals surface area (Å²) in [5.74, 6) is -0.935. The number of hydrogen-bond donors (Lipinski definition) is 5. The first-order valence-electron chi connectivity index (χ1n) is 11.2. The number of anilines is 1. The van der Waals surface area contributed by atoms with Crippen molar-refractivity contribution in [1.29, 1.82) is 5.41 Å². The minimum Gasteiger partial charge on any atom is -0.372 e. The molecule has 9 heteroatoms. The molecule has 1 fully saturated rings. The van der Waals surface area contributed by atoms with Crippen LogP contribution in [0.3, 0.4) is 0 Å². The van der Waals surface area contributed by atoms with E-state index in [4.69, 9.17) is 16.9 Å². The summed E-state index contributed by atoms with van der Waals surface area (Å²) in [6, 6.07) is 22.6. The molecule has 1 aliphatic heterocycles. The van der Waals surface area contributed by atoms with Crippen molar-refractivity contribution in [3.05, 3.63) is 66.7 Å². The number of aliphatic imine (C=N–C) groups is 1. The number of aromatic nitrogens is 1. The first-order chi connectivity index (χ1) is 16.3. The first kappa shape index (κ1) is 24.4. The number of hydrogen-bond acceptors (Lipinski definition) is 3. The molecule has 0 spiro atoms. The van der Waals surface area contributed by atoms with Crippen LogP contribution in [0.25, 0.3) is 22.5 Å². The van der Waals surface area contributed by atoms with Crippen molar-refractivity contribution in [2.45, 2.75) is 25.8 Å². The highest BCUT2D eigenvalue weighted by atomic mass is 16.1. The van der Waals surface area contributed by atoms with E-state index in [1.165, 1.54) is 24.9 Å². The predicted octanol–water partition coefficient (Wildman–Crippen LogP) is 2.45. The molecule has 9 nitrogen and oxygen atoms in total. The van der Waals surface area contributed by atoms with E-state index in [1.54, 1.807) is 0 Å². The van der Waals surface area contributed by atoms with Crippen LogP contribution < -0.4 is 27.8 Å². The zero-order chi connectivity index (χ0) is 24.5. The predicted molar refractivity (Wildman–Crippen MR) is 138 cm³/mol. The number of nitrogens with two attached hydrogens (primary N) is 4. The number of amides is 1. The summed E-state index contributed by atoms with van der Waals surface area (Å²) >= 11 is 0. The number of benzene rings is 2. The molecule has 9 N–H and O–H groups in total. The largest absolute Gasteiger partial charge is 0.372 e. The molecule has 0 atom stereocenters. The Kier molecular flexibility index (Phi) is 8.28. The Hall–Kier alpha value is -4.27. The van der Waals surface area contributed by atoms with E-state index in [2.05, 4.69) is 45.6 Å². The van der Waals surface area contributed by atoms with Crippen molar-refractivity contribution >= 4 is 23.5 Å². The van der Waals surface area contributed by atoms with Crippen LogP contribution in [0.2, 0.25) is 0 Å². The molecule has 4 rings (SSSR count). The Bertz CT molecular complexity index is 1120. The summed E-state index contributed by atoms with van der Waals surface area (Å²) in [6.07, 6.45) is 3.81. The Morgan fingerprint density at radius 1 is 0.794 bits per heavy atom. The second-order valence-corrected chi connectivity index (χ2v) is 8.04. The Morgan fingerprint density at radius 3 is 1.85 bits per heavy atom. The number of guanidine groups is 2. The average Bonchev–Trinajstić information content (AvgIpc) is 3.22. The number of nitrogens with one attached hydrogen (secondary N) is 1. The molecular formula is C25H32N8O. The van der Waals surface area contributed by atoms with Crippen molar-refractivity contribution in [3.8, 4) is 22.5 Å². The zero-order valence-corrected chi connectivity index (χ0v) is 19.2. The highest BCUT2D eigenvalue weighted by Gasteiger charge is 2.16. The van der Waals surface area contributed by atoms with Gasteiger partial charge in [0.05, 0.1) is 0 Å². The lowest BCUT2D eigenvalue weighted by molar-refractivity contribution is -0.118. The fourth-order valence-electron chi connectivity index (χ4n) is 4.06. The zero-order valence-electron chi connectivity index (χ0n) is 19.2. The molecule has 2 heterocycles. The Morgan fingerprint density at radius 2 is 1.32 bits per heavy atom. The fraction of sp³-hybridized carbons (Fsp3) is 0.240. The van der Waals surface area contributed by atoms with Gasteiger partial charge in [-0.15, -0.1) is 0 Å². The van der Waals surface area contributed by atoms with E-state index in [1.807, 2.05) is 47.0 Å². The summed E-state index contributed by atoms with van der Waals surface area (Å²) in [7, 11) is 0. The maximum absolute atomic E-state index is 12.4.